The lowest BCUT2D eigenvalue weighted by molar-refractivity contribution is -0.161. The molecule has 2 fully saturated rings. The molecule has 2 heterocycles. The summed E-state index contributed by atoms with van der Waals surface area (Å²) in [5.74, 6) is -2.26. The number of esters is 2. The Bertz CT molecular complexity index is 1050. The first-order valence-electron chi connectivity index (χ1n) is 11.6. The first-order valence-corrected chi connectivity index (χ1v) is 11.6. The fraction of sp³-hybridized carbons (Fsp3) is 0.444. The molecule has 2 saturated heterocycles. The Morgan fingerprint density at radius 2 is 1.68 bits per heavy atom. The van der Waals surface area contributed by atoms with Crippen LogP contribution in [0.15, 0.2) is 60.7 Å². The van der Waals surface area contributed by atoms with Crippen molar-refractivity contribution in [1.29, 1.82) is 0 Å². The third-order valence-electron chi connectivity index (χ3n) is 6.35. The van der Waals surface area contributed by atoms with Gasteiger partial charge in [-0.15, -0.1) is 0 Å². The Morgan fingerprint density at radius 3 is 2.26 bits per heavy atom. The Hall–Kier alpha value is -3.19. The average molecular weight is 466 g/mol. The minimum atomic E-state index is -1.67. The molecule has 0 saturated carbocycles. The van der Waals surface area contributed by atoms with Crippen LogP contribution in [0, 0.1) is 5.92 Å². The number of carbonyl (C=O) groups is 3. The van der Waals surface area contributed by atoms with Gasteiger partial charge >= 0.3 is 11.9 Å². The number of amides is 1. The lowest BCUT2D eigenvalue weighted by Crippen LogP contribution is -2.50. The molecule has 1 unspecified atom stereocenters. The van der Waals surface area contributed by atoms with Gasteiger partial charge in [-0.1, -0.05) is 60.7 Å². The van der Waals surface area contributed by atoms with Crippen LogP contribution >= 0.6 is 0 Å². The first-order chi connectivity index (χ1) is 16.2. The van der Waals surface area contributed by atoms with E-state index in [1.807, 2.05) is 36.4 Å². The topological polar surface area (TPSA) is 82.1 Å². The smallest absolute Gasteiger partial charge is 0.326 e. The summed E-state index contributed by atoms with van der Waals surface area (Å²) in [7, 11) is 0. The molecule has 2 aromatic rings. The Morgan fingerprint density at radius 1 is 1.06 bits per heavy atom. The van der Waals surface area contributed by atoms with Crippen molar-refractivity contribution in [3.05, 3.63) is 71.8 Å². The van der Waals surface area contributed by atoms with Gasteiger partial charge in [0.2, 0.25) is 5.91 Å². The lowest BCUT2D eigenvalue weighted by atomic mass is 9.68. The quantitative estimate of drug-likeness (QED) is 0.477. The summed E-state index contributed by atoms with van der Waals surface area (Å²) in [5, 5.41) is 0. The molecular weight excluding hydrogens is 434 g/mol. The molecule has 7 heteroatoms. The third-order valence-corrected chi connectivity index (χ3v) is 6.35. The summed E-state index contributed by atoms with van der Waals surface area (Å²) in [6.45, 7) is 7.39. The maximum atomic E-state index is 14.3. The second-order valence-electron chi connectivity index (χ2n) is 9.67. The number of hydrogen-bond acceptors (Lipinski definition) is 6. The second kappa shape index (κ2) is 9.22. The van der Waals surface area contributed by atoms with Crippen molar-refractivity contribution in [3.63, 3.8) is 0 Å². The Kier molecular flexibility index (Phi) is 6.49. The van der Waals surface area contributed by atoms with E-state index in [-0.39, 0.29) is 19.6 Å². The zero-order valence-electron chi connectivity index (χ0n) is 20.0. The molecule has 34 heavy (non-hydrogen) atoms. The summed E-state index contributed by atoms with van der Waals surface area (Å²) in [4.78, 5) is 42.6. The van der Waals surface area contributed by atoms with E-state index in [0.29, 0.717) is 5.56 Å². The fourth-order valence-corrected chi connectivity index (χ4v) is 5.11. The summed E-state index contributed by atoms with van der Waals surface area (Å²) >= 11 is 0. The molecule has 180 valence electrons. The molecule has 0 aromatic heterocycles. The highest BCUT2D eigenvalue weighted by Gasteiger charge is 2.68. The van der Waals surface area contributed by atoms with Crippen molar-refractivity contribution in [2.24, 2.45) is 5.92 Å². The number of ether oxygens (including phenoxy) is 3. The van der Waals surface area contributed by atoms with Gasteiger partial charge in [0.25, 0.3) is 0 Å². The van der Waals surface area contributed by atoms with Crippen LogP contribution in [0.5, 0.6) is 0 Å². The summed E-state index contributed by atoms with van der Waals surface area (Å²) in [6, 6.07) is 17.8. The molecule has 2 aliphatic heterocycles. The van der Waals surface area contributed by atoms with E-state index in [9.17, 15) is 14.4 Å². The van der Waals surface area contributed by atoms with Gasteiger partial charge in [-0.2, -0.15) is 0 Å². The van der Waals surface area contributed by atoms with Crippen molar-refractivity contribution in [3.8, 4) is 0 Å². The van der Waals surface area contributed by atoms with Crippen LogP contribution < -0.4 is 0 Å². The predicted octanol–water partition coefficient (Wildman–Crippen LogP) is 3.78. The normalized spacial score (nSPS) is 26.3. The minimum absolute atomic E-state index is 0.114. The number of hydrogen-bond donors (Lipinski definition) is 0. The fourth-order valence-electron chi connectivity index (χ4n) is 5.11. The molecule has 0 spiro atoms. The van der Waals surface area contributed by atoms with Crippen molar-refractivity contribution in [1.82, 2.24) is 4.90 Å². The van der Waals surface area contributed by atoms with E-state index >= 15 is 0 Å². The van der Waals surface area contributed by atoms with Crippen LogP contribution in [-0.2, 0) is 34.0 Å². The molecule has 0 N–H and O–H groups in total. The molecule has 2 aromatic carbocycles. The van der Waals surface area contributed by atoms with Gasteiger partial charge in [-0.3, -0.25) is 14.4 Å². The van der Waals surface area contributed by atoms with E-state index in [0.717, 1.165) is 5.56 Å². The van der Waals surface area contributed by atoms with Crippen molar-refractivity contribution in [2.45, 2.75) is 57.4 Å². The number of benzene rings is 2. The van der Waals surface area contributed by atoms with Crippen LogP contribution in [-0.4, -0.2) is 47.6 Å². The van der Waals surface area contributed by atoms with E-state index in [1.54, 1.807) is 56.9 Å². The Labute approximate surface area is 200 Å². The highest BCUT2D eigenvalue weighted by Crippen LogP contribution is 2.52. The molecule has 2 aliphatic rings. The van der Waals surface area contributed by atoms with Crippen LogP contribution in [0.3, 0.4) is 0 Å². The standard InChI is InChI=1S/C27H31NO6/c1-5-32-25(31)27(19-14-10-7-11-15-19)20(16-22(29)34-26(2,3)4)21-17-33-23(28(21)24(27)30)18-12-8-6-9-13-18/h6-15,20-21,23H,5,16-17H2,1-4H3/t20-,21-,23-,27?/m1/s1. The largest absolute Gasteiger partial charge is 0.465 e. The highest BCUT2D eigenvalue weighted by molar-refractivity contribution is 6.11. The Balaban J connectivity index is 1.85. The van der Waals surface area contributed by atoms with Gasteiger partial charge in [0.15, 0.2) is 11.6 Å². The molecule has 0 radical (unpaired) electrons. The number of carbonyl (C=O) groups excluding carboxylic acids is 3. The minimum Gasteiger partial charge on any atom is -0.465 e. The molecule has 7 nitrogen and oxygen atoms in total. The predicted molar refractivity (Wildman–Crippen MR) is 124 cm³/mol. The lowest BCUT2D eigenvalue weighted by Gasteiger charge is -2.33. The van der Waals surface area contributed by atoms with Gasteiger partial charge in [0.05, 0.1) is 25.7 Å². The summed E-state index contributed by atoms with van der Waals surface area (Å²) in [6.07, 6.45) is -0.775. The first kappa shape index (κ1) is 24.0. The SMILES string of the molecule is CCOC(=O)C1(c2ccccc2)C(=O)N2[C@@H](c3ccccc3)OC[C@@H]2[C@H]1CC(=O)OC(C)(C)C. The molecule has 4 atom stereocenters. The van der Waals surface area contributed by atoms with Gasteiger partial charge in [0.1, 0.15) is 5.60 Å². The average Bonchev–Trinajstić information content (AvgIpc) is 3.32. The second-order valence-corrected chi connectivity index (χ2v) is 9.67. The van der Waals surface area contributed by atoms with Gasteiger partial charge in [0, 0.05) is 11.5 Å². The van der Waals surface area contributed by atoms with Crippen molar-refractivity contribution >= 4 is 17.8 Å². The highest BCUT2D eigenvalue weighted by atomic mass is 16.6. The van der Waals surface area contributed by atoms with Crippen LogP contribution in [0.4, 0.5) is 0 Å². The van der Waals surface area contributed by atoms with E-state index in [4.69, 9.17) is 14.2 Å². The van der Waals surface area contributed by atoms with Crippen molar-refractivity contribution < 1.29 is 28.6 Å². The zero-order chi connectivity index (χ0) is 24.5. The van der Waals surface area contributed by atoms with Crippen LogP contribution in [0.1, 0.15) is 51.5 Å². The van der Waals surface area contributed by atoms with Gasteiger partial charge < -0.3 is 19.1 Å². The van der Waals surface area contributed by atoms with Gasteiger partial charge in [-0.25, -0.2) is 0 Å². The monoisotopic (exact) mass is 465 g/mol. The van der Waals surface area contributed by atoms with E-state index in [1.165, 1.54) is 0 Å². The number of nitrogens with zero attached hydrogens (tertiary/aromatic N) is 1. The van der Waals surface area contributed by atoms with Gasteiger partial charge in [-0.05, 0) is 33.3 Å². The molecule has 1 amide bonds. The van der Waals surface area contributed by atoms with E-state index < -0.39 is 47.0 Å². The zero-order valence-corrected chi connectivity index (χ0v) is 20.0. The maximum Gasteiger partial charge on any atom is 0.326 e. The van der Waals surface area contributed by atoms with E-state index in [2.05, 4.69) is 0 Å². The maximum absolute atomic E-state index is 14.3. The third kappa shape index (κ3) is 4.09. The summed E-state index contributed by atoms with van der Waals surface area (Å²) < 4.78 is 17.2. The molecule has 0 bridgehead atoms. The number of fused-ring (bicyclic) bond motifs is 1. The van der Waals surface area contributed by atoms with Crippen LogP contribution in [0.25, 0.3) is 0 Å². The molecule has 0 aliphatic carbocycles. The summed E-state index contributed by atoms with van der Waals surface area (Å²) in [5.41, 5.74) is -1.05. The van der Waals surface area contributed by atoms with Crippen LogP contribution in [0.2, 0.25) is 0 Å². The number of rotatable bonds is 6. The molecule has 4 rings (SSSR count). The molecular formula is C27H31NO6. The van der Waals surface area contributed by atoms with Crippen molar-refractivity contribution in [2.75, 3.05) is 13.2 Å².